The average molecular weight is 224 g/mol. The molecule has 1 saturated carbocycles. The number of nitrogens with one attached hydrogen (secondary N) is 1. The van der Waals surface area contributed by atoms with Gasteiger partial charge in [0, 0.05) is 12.5 Å². The second-order valence-corrected chi connectivity index (χ2v) is 4.57. The monoisotopic (exact) mass is 224 g/mol. The first-order valence-corrected chi connectivity index (χ1v) is 5.96. The SMILES string of the molecule is CNC1CC(OC2CC2)=CC(OC(C)C)=N1. The summed E-state index contributed by atoms with van der Waals surface area (Å²) in [5.41, 5.74) is 0. The Hall–Kier alpha value is -1.03. The van der Waals surface area contributed by atoms with Crippen LogP contribution in [0.5, 0.6) is 0 Å². The molecule has 0 aromatic heterocycles. The lowest BCUT2D eigenvalue weighted by atomic mass is 10.2. The summed E-state index contributed by atoms with van der Waals surface area (Å²) >= 11 is 0. The molecule has 0 amide bonds. The van der Waals surface area contributed by atoms with Crippen LogP contribution in [0.2, 0.25) is 0 Å². The van der Waals surface area contributed by atoms with Crippen molar-refractivity contribution in [2.24, 2.45) is 4.99 Å². The third kappa shape index (κ3) is 3.23. The van der Waals surface area contributed by atoms with Crippen LogP contribution in [0.25, 0.3) is 0 Å². The van der Waals surface area contributed by atoms with E-state index in [0.29, 0.717) is 12.0 Å². The van der Waals surface area contributed by atoms with Crippen LogP contribution in [0.1, 0.15) is 33.1 Å². The third-order valence-electron chi connectivity index (χ3n) is 2.49. The molecule has 1 aliphatic carbocycles. The molecule has 0 bridgehead atoms. The van der Waals surface area contributed by atoms with Gasteiger partial charge in [-0.25, -0.2) is 4.99 Å². The zero-order valence-corrected chi connectivity index (χ0v) is 10.2. The van der Waals surface area contributed by atoms with Crippen molar-refractivity contribution in [3.05, 3.63) is 11.8 Å². The molecule has 1 unspecified atom stereocenters. The first kappa shape index (κ1) is 11.5. The highest BCUT2D eigenvalue weighted by atomic mass is 16.5. The number of aliphatic imine (C=N–C) groups is 1. The van der Waals surface area contributed by atoms with Gasteiger partial charge in [0.1, 0.15) is 11.9 Å². The van der Waals surface area contributed by atoms with Gasteiger partial charge in [-0.1, -0.05) is 0 Å². The zero-order valence-electron chi connectivity index (χ0n) is 10.2. The van der Waals surface area contributed by atoms with E-state index in [-0.39, 0.29) is 12.3 Å². The smallest absolute Gasteiger partial charge is 0.213 e. The van der Waals surface area contributed by atoms with Crippen molar-refractivity contribution in [2.75, 3.05) is 7.05 Å². The van der Waals surface area contributed by atoms with Crippen molar-refractivity contribution in [1.29, 1.82) is 0 Å². The highest BCUT2D eigenvalue weighted by molar-refractivity contribution is 5.89. The molecule has 2 rings (SSSR count). The topological polar surface area (TPSA) is 42.8 Å². The number of rotatable bonds is 4. The molecule has 90 valence electrons. The number of dihydropyridines is 1. The molecule has 0 spiro atoms. The van der Waals surface area contributed by atoms with E-state index in [2.05, 4.69) is 10.3 Å². The van der Waals surface area contributed by atoms with E-state index in [1.807, 2.05) is 27.0 Å². The Labute approximate surface area is 96.7 Å². The maximum atomic E-state index is 5.81. The molecule has 0 saturated heterocycles. The molecule has 1 N–H and O–H groups in total. The molecule has 2 aliphatic rings. The van der Waals surface area contributed by atoms with Gasteiger partial charge in [0.25, 0.3) is 0 Å². The molecule has 0 radical (unpaired) electrons. The molecule has 4 nitrogen and oxygen atoms in total. The number of hydrogen-bond acceptors (Lipinski definition) is 4. The second-order valence-electron chi connectivity index (χ2n) is 4.57. The third-order valence-corrected chi connectivity index (χ3v) is 2.49. The lowest BCUT2D eigenvalue weighted by Gasteiger charge is -2.22. The van der Waals surface area contributed by atoms with Crippen LogP contribution in [0, 0.1) is 0 Å². The van der Waals surface area contributed by atoms with E-state index in [1.54, 1.807) is 0 Å². The summed E-state index contributed by atoms with van der Waals surface area (Å²) in [7, 11) is 1.90. The summed E-state index contributed by atoms with van der Waals surface area (Å²) in [6, 6.07) is 0. The normalized spacial score (nSPS) is 25.1. The fourth-order valence-corrected chi connectivity index (χ4v) is 1.58. The summed E-state index contributed by atoms with van der Waals surface area (Å²) in [5, 5.41) is 3.14. The van der Waals surface area contributed by atoms with Crippen LogP contribution in [0.15, 0.2) is 16.8 Å². The largest absolute Gasteiger partial charge is 0.494 e. The highest BCUT2D eigenvalue weighted by Crippen LogP contribution is 2.29. The Morgan fingerprint density at radius 3 is 2.75 bits per heavy atom. The maximum Gasteiger partial charge on any atom is 0.213 e. The molecular weight excluding hydrogens is 204 g/mol. The first-order valence-electron chi connectivity index (χ1n) is 5.96. The van der Waals surface area contributed by atoms with Crippen molar-refractivity contribution in [2.45, 2.75) is 51.5 Å². The Morgan fingerprint density at radius 1 is 1.44 bits per heavy atom. The van der Waals surface area contributed by atoms with Gasteiger partial charge in [0.05, 0.1) is 12.2 Å². The molecular formula is C12H20N2O2. The minimum absolute atomic E-state index is 0.0764. The summed E-state index contributed by atoms with van der Waals surface area (Å²) in [6.45, 7) is 4.00. The standard InChI is InChI=1S/C12H20N2O2/c1-8(2)15-12-7-10(16-9-4-5-9)6-11(13-3)14-12/h7-9,11,13H,4-6H2,1-3H3. The van der Waals surface area contributed by atoms with Crippen molar-refractivity contribution in [3.8, 4) is 0 Å². The predicted molar refractivity (Wildman–Crippen MR) is 63.3 cm³/mol. The molecule has 1 fully saturated rings. The zero-order chi connectivity index (χ0) is 11.5. The van der Waals surface area contributed by atoms with E-state index in [4.69, 9.17) is 9.47 Å². The lowest BCUT2D eigenvalue weighted by molar-refractivity contribution is 0.174. The summed E-state index contributed by atoms with van der Waals surface area (Å²) in [6.07, 6.45) is 5.75. The van der Waals surface area contributed by atoms with Gasteiger partial charge in [0.2, 0.25) is 5.90 Å². The fraction of sp³-hybridized carbons (Fsp3) is 0.750. The first-order chi connectivity index (χ1) is 7.67. The van der Waals surface area contributed by atoms with E-state index in [0.717, 1.165) is 12.2 Å². The number of nitrogens with zero attached hydrogens (tertiary/aromatic N) is 1. The van der Waals surface area contributed by atoms with Crippen LogP contribution in [-0.4, -0.2) is 31.3 Å². The van der Waals surface area contributed by atoms with Crippen LogP contribution >= 0.6 is 0 Å². The molecule has 16 heavy (non-hydrogen) atoms. The van der Waals surface area contributed by atoms with Crippen LogP contribution in [-0.2, 0) is 9.47 Å². The lowest BCUT2D eigenvalue weighted by Crippen LogP contribution is -2.29. The Morgan fingerprint density at radius 2 is 2.19 bits per heavy atom. The summed E-state index contributed by atoms with van der Waals surface area (Å²) in [5.74, 6) is 1.67. The van der Waals surface area contributed by atoms with Crippen LogP contribution in [0.3, 0.4) is 0 Å². The van der Waals surface area contributed by atoms with E-state index < -0.39 is 0 Å². The van der Waals surface area contributed by atoms with E-state index >= 15 is 0 Å². The van der Waals surface area contributed by atoms with Crippen LogP contribution < -0.4 is 5.32 Å². The Balaban J connectivity index is 2.00. The maximum absolute atomic E-state index is 5.81. The van der Waals surface area contributed by atoms with Crippen molar-refractivity contribution in [3.63, 3.8) is 0 Å². The fourth-order valence-electron chi connectivity index (χ4n) is 1.58. The molecule has 1 aliphatic heterocycles. The van der Waals surface area contributed by atoms with Crippen LogP contribution in [0.4, 0.5) is 0 Å². The summed E-state index contributed by atoms with van der Waals surface area (Å²) < 4.78 is 11.4. The van der Waals surface area contributed by atoms with E-state index in [1.165, 1.54) is 12.8 Å². The minimum Gasteiger partial charge on any atom is -0.494 e. The van der Waals surface area contributed by atoms with Crippen molar-refractivity contribution in [1.82, 2.24) is 5.32 Å². The van der Waals surface area contributed by atoms with Gasteiger partial charge in [-0.15, -0.1) is 0 Å². The van der Waals surface area contributed by atoms with Crippen molar-refractivity contribution < 1.29 is 9.47 Å². The van der Waals surface area contributed by atoms with Gasteiger partial charge in [-0.3, -0.25) is 5.32 Å². The molecule has 1 heterocycles. The van der Waals surface area contributed by atoms with Gasteiger partial charge >= 0.3 is 0 Å². The highest BCUT2D eigenvalue weighted by Gasteiger charge is 2.27. The molecule has 4 heteroatoms. The summed E-state index contributed by atoms with van der Waals surface area (Å²) in [4.78, 5) is 4.45. The predicted octanol–water partition coefficient (Wildman–Crippen LogP) is 1.82. The Kier molecular flexibility index (Phi) is 3.49. The van der Waals surface area contributed by atoms with Gasteiger partial charge in [-0.05, 0) is 33.7 Å². The molecule has 1 atom stereocenters. The quantitative estimate of drug-likeness (QED) is 0.792. The minimum atomic E-state index is 0.0764. The second kappa shape index (κ2) is 4.87. The van der Waals surface area contributed by atoms with Gasteiger partial charge in [0.15, 0.2) is 0 Å². The number of hydrogen-bond donors (Lipinski definition) is 1. The van der Waals surface area contributed by atoms with Gasteiger partial charge < -0.3 is 9.47 Å². The number of ether oxygens (including phenoxy) is 2. The average Bonchev–Trinajstić information content (AvgIpc) is 3.00. The Bertz CT molecular complexity index is 306. The van der Waals surface area contributed by atoms with E-state index in [9.17, 15) is 0 Å². The van der Waals surface area contributed by atoms with Gasteiger partial charge in [-0.2, -0.15) is 0 Å². The molecule has 0 aromatic rings. The van der Waals surface area contributed by atoms with Crippen molar-refractivity contribution >= 4 is 5.90 Å². The molecule has 0 aromatic carbocycles.